The van der Waals surface area contributed by atoms with E-state index in [0.717, 1.165) is 32.5 Å². The van der Waals surface area contributed by atoms with Crippen LogP contribution in [0.4, 0.5) is 0 Å². The number of rotatable bonds is 6. The van der Waals surface area contributed by atoms with Gasteiger partial charge in [0.25, 0.3) is 0 Å². The number of nitrogens with one attached hydrogen (secondary N) is 1. The van der Waals surface area contributed by atoms with Crippen LogP contribution in [0.5, 0.6) is 0 Å². The first-order valence-electron chi connectivity index (χ1n) is 9.55. The van der Waals surface area contributed by atoms with E-state index in [1.54, 1.807) is 11.8 Å². The number of esters is 1. The fraction of sp³-hybridized carbons (Fsp3) is 0.833. The van der Waals surface area contributed by atoms with Crippen LogP contribution in [-0.2, 0) is 19.1 Å². The Morgan fingerprint density at radius 3 is 2.69 bits per heavy atom. The summed E-state index contributed by atoms with van der Waals surface area (Å²) in [6.07, 6.45) is 4.16. The van der Waals surface area contributed by atoms with Crippen LogP contribution in [0.2, 0.25) is 0 Å². The van der Waals surface area contributed by atoms with Crippen LogP contribution in [0.15, 0.2) is 0 Å². The Morgan fingerprint density at radius 2 is 2.00 bits per heavy atom. The van der Waals surface area contributed by atoms with Crippen LogP contribution in [-0.4, -0.2) is 73.0 Å². The molecule has 0 spiro atoms. The van der Waals surface area contributed by atoms with Crippen molar-refractivity contribution < 1.29 is 19.1 Å². The Hall–Kier alpha value is -1.34. The number of ether oxygens (including phenoxy) is 1. The Morgan fingerprint density at radius 1 is 1.23 bits per heavy atom. The molecule has 3 fully saturated rings. The Labute approximate surface area is 161 Å². The molecule has 2 atom stereocenters. The second-order valence-electron chi connectivity index (χ2n) is 7.37. The van der Waals surface area contributed by atoms with E-state index >= 15 is 0 Å². The molecule has 0 aromatic rings. The molecule has 2 aliphatic heterocycles. The van der Waals surface area contributed by atoms with Crippen molar-refractivity contribution in [3.05, 3.63) is 0 Å². The Balaban J connectivity index is 0.00000243. The van der Waals surface area contributed by atoms with Crippen LogP contribution in [0.1, 0.15) is 39.0 Å². The quantitative estimate of drug-likeness (QED) is 0.682. The van der Waals surface area contributed by atoms with E-state index in [1.165, 1.54) is 12.8 Å². The van der Waals surface area contributed by atoms with Crippen LogP contribution >= 0.6 is 12.4 Å². The summed E-state index contributed by atoms with van der Waals surface area (Å²) in [4.78, 5) is 40.8. The molecule has 2 heterocycles. The highest BCUT2D eigenvalue weighted by Gasteiger charge is 2.36. The van der Waals surface area contributed by atoms with E-state index in [4.69, 9.17) is 4.74 Å². The lowest BCUT2D eigenvalue weighted by Gasteiger charge is -2.35. The van der Waals surface area contributed by atoms with Gasteiger partial charge >= 0.3 is 5.97 Å². The van der Waals surface area contributed by atoms with E-state index < -0.39 is 6.04 Å². The maximum absolute atomic E-state index is 12.6. The maximum atomic E-state index is 12.6. The fourth-order valence-corrected chi connectivity index (χ4v) is 3.70. The molecule has 26 heavy (non-hydrogen) atoms. The van der Waals surface area contributed by atoms with E-state index in [2.05, 4.69) is 5.32 Å². The molecule has 7 nitrogen and oxygen atoms in total. The van der Waals surface area contributed by atoms with Gasteiger partial charge in [0.2, 0.25) is 11.8 Å². The first kappa shape index (κ1) is 21.0. The smallest absolute Gasteiger partial charge is 0.310 e. The van der Waals surface area contributed by atoms with Crippen LogP contribution in [0, 0.1) is 11.8 Å². The van der Waals surface area contributed by atoms with E-state index in [1.807, 2.05) is 4.90 Å². The molecular weight excluding hydrogens is 358 g/mol. The SMILES string of the molecule is CCOC(=O)C1CCCN(C(=O)CC2NCCN(CC3CC3)C2=O)C1.Cl. The average molecular weight is 388 g/mol. The van der Waals surface area contributed by atoms with Gasteiger partial charge in [-0.2, -0.15) is 0 Å². The molecule has 2 saturated heterocycles. The molecule has 1 saturated carbocycles. The van der Waals surface area contributed by atoms with Crippen molar-refractivity contribution in [1.29, 1.82) is 0 Å². The number of carbonyl (C=O) groups is 3. The molecular formula is C18H30ClN3O4. The molecule has 2 amide bonds. The van der Waals surface area contributed by atoms with E-state index in [0.29, 0.717) is 25.6 Å². The molecule has 0 aromatic carbocycles. The highest BCUT2D eigenvalue weighted by Crippen LogP contribution is 2.30. The number of nitrogens with zero attached hydrogens (tertiary/aromatic N) is 2. The molecule has 8 heteroatoms. The summed E-state index contributed by atoms with van der Waals surface area (Å²) >= 11 is 0. The zero-order valence-corrected chi connectivity index (χ0v) is 16.3. The van der Waals surface area contributed by atoms with Crippen molar-refractivity contribution in [3.8, 4) is 0 Å². The van der Waals surface area contributed by atoms with Crippen molar-refractivity contribution >= 4 is 30.2 Å². The van der Waals surface area contributed by atoms with Gasteiger partial charge in [0.1, 0.15) is 0 Å². The van der Waals surface area contributed by atoms with Gasteiger partial charge in [-0.05, 0) is 38.5 Å². The van der Waals surface area contributed by atoms with Gasteiger partial charge < -0.3 is 19.9 Å². The number of amides is 2. The Bertz CT molecular complexity index is 527. The van der Waals surface area contributed by atoms with Crippen molar-refractivity contribution in [2.45, 2.75) is 45.1 Å². The standard InChI is InChI=1S/C18H29N3O4.ClH/c1-2-25-18(24)14-4-3-8-20(12-14)16(22)10-15-17(23)21(9-7-19-15)11-13-5-6-13;/h13-15,19H,2-12H2,1H3;1H. The number of halogens is 1. The number of piperazine rings is 1. The number of piperidine rings is 1. The van der Waals surface area contributed by atoms with Gasteiger partial charge in [0, 0.05) is 32.7 Å². The Kier molecular flexibility index (Phi) is 7.70. The summed E-state index contributed by atoms with van der Waals surface area (Å²) in [7, 11) is 0. The largest absolute Gasteiger partial charge is 0.466 e. The van der Waals surface area contributed by atoms with Gasteiger partial charge in [-0.25, -0.2) is 0 Å². The first-order valence-corrected chi connectivity index (χ1v) is 9.55. The average Bonchev–Trinajstić information content (AvgIpc) is 3.43. The molecule has 2 unspecified atom stereocenters. The zero-order valence-electron chi connectivity index (χ0n) is 15.4. The minimum absolute atomic E-state index is 0. The van der Waals surface area contributed by atoms with Gasteiger partial charge in [-0.1, -0.05) is 0 Å². The first-order chi connectivity index (χ1) is 12.1. The topological polar surface area (TPSA) is 79.0 Å². The second kappa shape index (κ2) is 9.55. The number of hydrogen-bond donors (Lipinski definition) is 1. The van der Waals surface area contributed by atoms with Crippen LogP contribution in [0.25, 0.3) is 0 Å². The summed E-state index contributed by atoms with van der Waals surface area (Å²) in [6, 6.07) is -0.428. The predicted octanol–water partition coefficient (Wildman–Crippen LogP) is 0.810. The number of carbonyl (C=O) groups excluding carboxylic acids is 3. The zero-order chi connectivity index (χ0) is 17.8. The van der Waals surface area contributed by atoms with Gasteiger partial charge in [0.15, 0.2) is 0 Å². The van der Waals surface area contributed by atoms with Crippen molar-refractivity contribution in [1.82, 2.24) is 15.1 Å². The normalized spacial score (nSPS) is 26.3. The summed E-state index contributed by atoms with van der Waals surface area (Å²) < 4.78 is 5.08. The highest BCUT2D eigenvalue weighted by molar-refractivity contribution is 5.89. The van der Waals surface area contributed by atoms with E-state index in [9.17, 15) is 14.4 Å². The molecule has 3 aliphatic rings. The molecule has 148 valence electrons. The summed E-state index contributed by atoms with van der Waals surface area (Å²) in [6.45, 7) is 5.51. The van der Waals surface area contributed by atoms with Crippen molar-refractivity contribution in [3.63, 3.8) is 0 Å². The maximum Gasteiger partial charge on any atom is 0.310 e. The summed E-state index contributed by atoms with van der Waals surface area (Å²) in [5.41, 5.74) is 0. The minimum atomic E-state index is -0.428. The molecule has 0 aromatic heterocycles. The van der Waals surface area contributed by atoms with Gasteiger partial charge in [-0.15, -0.1) is 12.4 Å². The third-order valence-electron chi connectivity index (χ3n) is 5.33. The van der Waals surface area contributed by atoms with Gasteiger partial charge in [-0.3, -0.25) is 14.4 Å². The monoisotopic (exact) mass is 387 g/mol. The molecule has 0 bridgehead atoms. The fourth-order valence-electron chi connectivity index (χ4n) is 3.70. The molecule has 0 radical (unpaired) electrons. The highest BCUT2D eigenvalue weighted by atomic mass is 35.5. The van der Waals surface area contributed by atoms with Crippen LogP contribution < -0.4 is 5.32 Å². The summed E-state index contributed by atoms with van der Waals surface area (Å²) in [5, 5.41) is 3.19. The number of hydrogen-bond acceptors (Lipinski definition) is 5. The van der Waals surface area contributed by atoms with Crippen LogP contribution in [0.3, 0.4) is 0 Å². The third-order valence-corrected chi connectivity index (χ3v) is 5.33. The van der Waals surface area contributed by atoms with Gasteiger partial charge in [0.05, 0.1) is 25.0 Å². The predicted molar refractivity (Wildman–Crippen MR) is 98.9 cm³/mol. The molecule has 3 rings (SSSR count). The van der Waals surface area contributed by atoms with E-state index in [-0.39, 0.29) is 42.5 Å². The lowest BCUT2D eigenvalue weighted by Crippen LogP contribution is -2.57. The lowest BCUT2D eigenvalue weighted by molar-refractivity contribution is -0.152. The third kappa shape index (κ3) is 5.33. The minimum Gasteiger partial charge on any atom is -0.466 e. The molecule has 1 N–H and O–H groups in total. The lowest BCUT2D eigenvalue weighted by atomic mass is 9.97. The van der Waals surface area contributed by atoms with Crippen molar-refractivity contribution in [2.24, 2.45) is 11.8 Å². The summed E-state index contributed by atoms with van der Waals surface area (Å²) in [5.74, 6) is 0.200. The molecule has 1 aliphatic carbocycles. The number of likely N-dealkylation sites (tertiary alicyclic amines) is 1. The van der Waals surface area contributed by atoms with Crippen molar-refractivity contribution in [2.75, 3.05) is 39.3 Å². The second-order valence-corrected chi connectivity index (χ2v) is 7.37.